The average Bonchev–Trinajstić information content (AvgIpc) is 2.57. The predicted molar refractivity (Wildman–Crippen MR) is 83.0 cm³/mol. The van der Waals surface area contributed by atoms with Gasteiger partial charge >= 0.3 is 5.97 Å². The minimum atomic E-state index is -0.728. The van der Waals surface area contributed by atoms with E-state index < -0.39 is 41.7 Å². The van der Waals surface area contributed by atoms with E-state index in [-0.39, 0.29) is 11.1 Å². The predicted octanol–water partition coefficient (Wildman–Crippen LogP) is 2.73. The smallest absolute Gasteiger partial charge is 0.339 e. The Labute approximate surface area is 139 Å². The van der Waals surface area contributed by atoms with Crippen molar-refractivity contribution in [3.63, 3.8) is 0 Å². The van der Waals surface area contributed by atoms with Crippen molar-refractivity contribution in [3.8, 4) is 17.2 Å². The average molecular weight is 338 g/mol. The molecule has 1 aromatic carbocycles. The molecule has 1 aromatic rings. The lowest BCUT2D eigenvalue weighted by molar-refractivity contribution is -0.228. The minimum absolute atomic E-state index is 0.00400. The Morgan fingerprint density at radius 1 is 1.21 bits per heavy atom. The summed E-state index contributed by atoms with van der Waals surface area (Å²) in [7, 11) is 0. The van der Waals surface area contributed by atoms with E-state index in [1.54, 1.807) is 0 Å². The van der Waals surface area contributed by atoms with Crippen molar-refractivity contribution in [2.45, 2.75) is 57.5 Å². The minimum Gasteiger partial charge on any atom is -0.504 e. The first-order chi connectivity index (χ1) is 11.5. The molecule has 24 heavy (non-hydrogen) atoms. The van der Waals surface area contributed by atoms with E-state index in [2.05, 4.69) is 6.92 Å². The Kier molecular flexibility index (Phi) is 4.82. The maximum atomic E-state index is 12.1. The number of unbranched alkanes of at least 4 members (excludes halogenated alkanes) is 2. The fourth-order valence-electron chi connectivity index (χ4n) is 3.15. The number of ether oxygens (including phenoxy) is 3. The van der Waals surface area contributed by atoms with Gasteiger partial charge in [0.15, 0.2) is 17.8 Å². The van der Waals surface area contributed by atoms with Crippen LogP contribution in [-0.2, 0) is 14.2 Å². The van der Waals surface area contributed by atoms with Gasteiger partial charge in [-0.3, -0.25) is 0 Å². The van der Waals surface area contributed by atoms with Gasteiger partial charge in [0.1, 0.15) is 12.2 Å². The summed E-state index contributed by atoms with van der Waals surface area (Å²) in [6.07, 6.45) is 2.51. The van der Waals surface area contributed by atoms with E-state index in [1.165, 1.54) is 0 Å². The van der Waals surface area contributed by atoms with Crippen molar-refractivity contribution < 1.29 is 34.3 Å². The van der Waals surface area contributed by atoms with Crippen LogP contribution in [0.15, 0.2) is 6.07 Å². The summed E-state index contributed by atoms with van der Waals surface area (Å²) in [5.41, 5.74) is 0.143. The number of hydrogen-bond donors (Lipinski definition) is 3. The Morgan fingerprint density at radius 2 is 2.00 bits per heavy atom. The highest BCUT2D eigenvalue weighted by molar-refractivity contribution is 5.94. The molecular formula is C17H22O7. The zero-order valence-corrected chi connectivity index (χ0v) is 13.5. The molecule has 0 aliphatic carbocycles. The van der Waals surface area contributed by atoms with Crippen LogP contribution in [0.3, 0.4) is 0 Å². The first-order valence-corrected chi connectivity index (χ1v) is 8.28. The second-order valence-corrected chi connectivity index (χ2v) is 6.14. The maximum Gasteiger partial charge on any atom is 0.339 e. The van der Waals surface area contributed by atoms with Crippen molar-refractivity contribution in [1.29, 1.82) is 0 Å². The first kappa shape index (κ1) is 16.9. The number of aromatic hydroxyl groups is 3. The quantitative estimate of drug-likeness (QED) is 0.430. The molecule has 1 fully saturated rings. The molecule has 0 radical (unpaired) electrons. The van der Waals surface area contributed by atoms with Crippen molar-refractivity contribution in [3.05, 3.63) is 17.2 Å². The third-order valence-electron chi connectivity index (χ3n) is 4.43. The molecule has 2 unspecified atom stereocenters. The third kappa shape index (κ3) is 3.01. The number of phenolic OH excluding ortho intramolecular Hbond substituents is 3. The van der Waals surface area contributed by atoms with E-state index in [0.29, 0.717) is 19.4 Å². The first-order valence-electron chi connectivity index (χ1n) is 8.28. The van der Waals surface area contributed by atoms with E-state index in [0.717, 1.165) is 25.3 Å². The lowest BCUT2D eigenvalue weighted by atomic mass is 9.90. The molecule has 0 spiro atoms. The van der Waals surface area contributed by atoms with E-state index >= 15 is 0 Å². The number of phenols is 3. The van der Waals surface area contributed by atoms with Crippen LogP contribution in [-0.4, -0.2) is 40.3 Å². The van der Waals surface area contributed by atoms with Crippen LogP contribution in [0.1, 0.15) is 61.1 Å². The molecule has 132 valence electrons. The van der Waals surface area contributed by atoms with Crippen LogP contribution < -0.4 is 0 Å². The van der Waals surface area contributed by atoms with Crippen LogP contribution in [0.4, 0.5) is 0 Å². The van der Waals surface area contributed by atoms with Gasteiger partial charge in [-0.25, -0.2) is 4.79 Å². The Bertz CT molecular complexity index is 628. The van der Waals surface area contributed by atoms with Crippen molar-refractivity contribution in [2.75, 3.05) is 6.61 Å². The van der Waals surface area contributed by atoms with Crippen LogP contribution in [0.2, 0.25) is 0 Å². The number of fused-ring (bicyclic) bond motifs is 3. The summed E-state index contributed by atoms with van der Waals surface area (Å²) in [5, 5.41) is 29.5. The molecular weight excluding hydrogens is 316 g/mol. The van der Waals surface area contributed by atoms with Gasteiger partial charge in [-0.2, -0.15) is 0 Å². The Hall–Kier alpha value is -1.99. The lowest BCUT2D eigenvalue weighted by Crippen LogP contribution is -2.41. The van der Waals surface area contributed by atoms with Crippen molar-refractivity contribution in [2.24, 2.45) is 0 Å². The number of rotatable bonds is 5. The fraction of sp³-hybridized carbons (Fsp3) is 0.588. The van der Waals surface area contributed by atoms with E-state index in [1.807, 2.05) is 0 Å². The zero-order chi connectivity index (χ0) is 17.3. The van der Waals surface area contributed by atoms with Gasteiger partial charge < -0.3 is 29.5 Å². The van der Waals surface area contributed by atoms with Crippen LogP contribution in [0, 0.1) is 0 Å². The number of carbonyl (C=O) groups excluding carboxylic acids is 1. The molecule has 2 heterocycles. The number of carbonyl (C=O) groups is 1. The largest absolute Gasteiger partial charge is 0.504 e. The molecule has 3 rings (SSSR count). The van der Waals surface area contributed by atoms with Gasteiger partial charge in [-0.15, -0.1) is 0 Å². The second-order valence-electron chi connectivity index (χ2n) is 6.14. The monoisotopic (exact) mass is 338 g/mol. The van der Waals surface area contributed by atoms with Gasteiger partial charge in [0.05, 0.1) is 5.56 Å². The van der Waals surface area contributed by atoms with E-state index in [9.17, 15) is 20.1 Å². The van der Waals surface area contributed by atoms with Gasteiger partial charge in [0.2, 0.25) is 5.75 Å². The summed E-state index contributed by atoms with van der Waals surface area (Å²) in [4.78, 5) is 12.1. The SMILES string of the molecule is CCCCCO[C@@H]1CCC2OC(=O)c3cc(O)c(O)c(O)c3C2O1. The summed E-state index contributed by atoms with van der Waals surface area (Å²) >= 11 is 0. The highest BCUT2D eigenvalue weighted by atomic mass is 16.7. The topological polar surface area (TPSA) is 105 Å². The summed E-state index contributed by atoms with van der Waals surface area (Å²) in [6, 6.07) is 1.08. The third-order valence-corrected chi connectivity index (χ3v) is 4.43. The highest BCUT2D eigenvalue weighted by Gasteiger charge is 2.44. The van der Waals surface area contributed by atoms with Crippen LogP contribution in [0.25, 0.3) is 0 Å². The van der Waals surface area contributed by atoms with Gasteiger partial charge in [0.25, 0.3) is 0 Å². The molecule has 7 heteroatoms. The highest BCUT2D eigenvalue weighted by Crippen LogP contribution is 2.49. The number of esters is 1. The lowest BCUT2D eigenvalue weighted by Gasteiger charge is -2.39. The zero-order valence-electron chi connectivity index (χ0n) is 13.5. The van der Waals surface area contributed by atoms with Crippen LogP contribution >= 0.6 is 0 Å². The Morgan fingerprint density at radius 3 is 2.75 bits per heavy atom. The molecule has 2 aliphatic rings. The number of hydrogen-bond acceptors (Lipinski definition) is 7. The summed E-state index contributed by atoms with van der Waals surface area (Å²) in [5.74, 6) is -2.45. The normalized spacial score (nSPS) is 25.7. The van der Waals surface area contributed by atoms with Gasteiger partial charge in [0, 0.05) is 18.6 Å². The molecule has 7 nitrogen and oxygen atoms in total. The molecule has 0 aromatic heterocycles. The van der Waals surface area contributed by atoms with Crippen molar-refractivity contribution in [1.82, 2.24) is 0 Å². The summed E-state index contributed by atoms with van der Waals surface area (Å²) in [6.45, 7) is 2.69. The fourth-order valence-corrected chi connectivity index (χ4v) is 3.15. The summed E-state index contributed by atoms with van der Waals surface area (Å²) < 4.78 is 16.9. The maximum absolute atomic E-state index is 12.1. The molecule has 3 N–H and O–H groups in total. The second kappa shape index (κ2) is 6.86. The number of benzene rings is 1. The van der Waals surface area contributed by atoms with Crippen LogP contribution in [0.5, 0.6) is 17.2 Å². The Balaban J connectivity index is 1.81. The molecule has 2 aliphatic heterocycles. The molecule has 3 atom stereocenters. The van der Waals surface area contributed by atoms with Crippen molar-refractivity contribution >= 4 is 5.97 Å². The molecule has 0 bridgehead atoms. The molecule has 0 amide bonds. The standard InChI is InChI=1S/C17H22O7/c1-2-3-4-7-22-12-6-5-11-16(24-12)13-9(17(21)23-11)8-10(18)14(19)15(13)20/h8,11-12,16,18-20H,2-7H2,1H3/t11?,12-,16?/m0/s1. The van der Waals surface area contributed by atoms with Gasteiger partial charge in [-0.1, -0.05) is 19.8 Å². The molecule has 0 saturated carbocycles. The van der Waals surface area contributed by atoms with E-state index in [4.69, 9.17) is 14.2 Å². The molecule has 1 saturated heterocycles. The van der Waals surface area contributed by atoms with Gasteiger partial charge in [-0.05, 0) is 18.9 Å².